The Labute approximate surface area is 49.5 Å². The van der Waals surface area contributed by atoms with Gasteiger partial charge in [0.2, 0.25) is 0 Å². The van der Waals surface area contributed by atoms with Crippen molar-refractivity contribution in [1.29, 1.82) is 0 Å². The molecule has 2 unspecified atom stereocenters. The lowest BCUT2D eigenvalue weighted by Gasteiger charge is -2.11. The van der Waals surface area contributed by atoms with Crippen LogP contribution in [0.5, 0.6) is 0 Å². The minimum atomic E-state index is -0.750. The zero-order chi connectivity index (χ0) is 6.57. The maximum Gasteiger partial charge on any atom is 0.116 e. The van der Waals surface area contributed by atoms with E-state index < -0.39 is 12.8 Å². The summed E-state index contributed by atoms with van der Waals surface area (Å²) >= 11 is 0. The summed E-state index contributed by atoms with van der Waals surface area (Å²) in [7, 11) is 0. The SMILES string of the molecule is CCC(C)C(O)CF. The van der Waals surface area contributed by atoms with Gasteiger partial charge in [-0.05, 0) is 5.92 Å². The second kappa shape index (κ2) is 3.84. The number of alkyl halides is 1. The molecule has 2 heteroatoms. The zero-order valence-corrected chi connectivity index (χ0v) is 5.39. The van der Waals surface area contributed by atoms with Gasteiger partial charge in [0, 0.05) is 0 Å². The molecule has 2 atom stereocenters. The standard InChI is InChI=1S/C6H13FO/c1-3-5(2)6(8)4-7/h5-6,8H,3-4H2,1-2H3. The van der Waals surface area contributed by atoms with Crippen molar-refractivity contribution in [2.75, 3.05) is 6.67 Å². The summed E-state index contributed by atoms with van der Waals surface area (Å²) < 4.78 is 11.6. The van der Waals surface area contributed by atoms with Crippen LogP contribution in [-0.2, 0) is 0 Å². The zero-order valence-electron chi connectivity index (χ0n) is 5.39. The van der Waals surface area contributed by atoms with E-state index in [0.717, 1.165) is 6.42 Å². The average molecular weight is 120 g/mol. The van der Waals surface area contributed by atoms with Crippen molar-refractivity contribution in [1.82, 2.24) is 0 Å². The molecule has 8 heavy (non-hydrogen) atoms. The summed E-state index contributed by atoms with van der Waals surface area (Å²) in [6.45, 7) is 3.16. The fraction of sp³-hybridized carbons (Fsp3) is 1.00. The normalized spacial score (nSPS) is 18.0. The Kier molecular flexibility index (Phi) is 3.79. The molecule has 1 nitrogen and oxygen atoms in total. The highest BCUT2D eigenvalue weighted by Crippen LogP contribution is 2.06. The third kappa shape index (κ3) is 2.26. The van der Waals surface area contributed by atoms with Crippen molar-refractivity contribution in [2.45, 2.75) is 26.4 Å². The van der Waals surface area contributed by atoms with E-state index in [-0.39, 0.29) is 5.92 Å². The second-order valence-corrected chi connectivity index (χ2v) is 2.11. The Morgan fingerprint density at radius 1 is 1.62 bits per heavy atom. The molecular weight excluding hydrogens is 107 g/mol. The Bertz CT molecular complexity index is 48.5. The van der Waals surface area contributed by atoms with Crippen LogP contribution in [0.15, 0.2) is 0 Å². The van der Waals surface area contributed by atoms with Gasteiger partial charge >= 0.3 is 0 Å². The maximum atomic E-state index is 11.6. The number of halogens is 1. The third-order valence-corrected chi connectivity index (χ3v) is 1.46. The van der Waals surface area contributed by atoms with Crippen molar-refractivity contribution >= 4 is 0 Å². The van der Waals surface area contributed by atoms with Gasteiger partial charge < -0.3 is 5.11 Å². The van der Waals surface area contributed by atoms with E-state index in [9.17, 15) is 4.39 Å². The van der Waals surface area contributed by atoms with E-state index in [1.165, 1.54) is 0 Å². The van der Waals surface area contributed by atoms with E-state index in [4.69, 9.17) is 5.11 Å². The third-order valence-electron chi connectivity index (χ3n) is 1.46. The van der Waals surface area contributed by atoms with Crippen LogP contribution in [0.2, 0.25) is 0 Å². The lowest BCUT2D eigenvalue weighted by Crippen LogP contribution is -2.18. The van der Waals surface area contributed by atoms with Crippen molar-refractivity contribution in [3.63, 3.8) is 0 Å². The lowest BCUT2D eigenvalue weighted by molar-refractivity contribution is 0.0867. The smallest absolute Gasteiger partial charge is 0.116 e. The molecule has 0 saturated carbocycles. The van der Waals surface area contributed by atoms with Gasteiger partial charge in [-0.1, -0.05) is 20.3 Å². The van der Waals surface area contributed by atoms with Crippen molar-refractivity contribution in [2.24, 2.45) is 5.92 Å². The first kappa shape index (κ1) is 7.89. The molecule has 50 valence electrons. The van der Waals surface area contributed by atoms with Crippen LogP contribution in [0.4, 0.5) is 4.39 Å². The van der Waals surface area contributed by atoms with E-state index in [1.54, 1.807) is 0 Å². The number of rotatable bonds is 3. The molecule has 0 aromatic carbocycles. The van der Waals surface area contributed by atoms with Crippen LogP contribution in [0.3, 0.4) is 0 Å². The summed E-state index contributed by atoms with van der Waals surface area (Å²) in [5.41, 5.74) is 0. The number of aliphatic hydroxyl groups excluding tert-OH is 1. The molecule has 0 aliphatic carbocycles. The van der Waals surface area contributed by atoms with Crippen LogP contribution in [0, 0.1) is 5.92 Å². The molecule has 0 heterocycles. The van der Waals surface area contributed by atoms with Gasteiger partial charge in [0.05, 0.1) is 6.10 Å². The quantitative estimate of drug-likeness (QED) is 0.596. The Morgan fingerprint density at radius 2 is 2.12 bits per heavy atom. The first-order valence-electron chi connectivity index (χ1n) is 2.96. The van der Waals surface area contributed by atoms with E-state index in [0.29, 0.717) is 0 Å². The van der Waals surface area contributed by atoms with Crippen molar-refractivity contribution in [3.8, 4) is 0 Å². The number of hydrogen-bond donors (Lipinski definition) is 1. The molecule has 0 rings (SSSR count). The molecule has 0 saturated heterocycles. The van der Waals surface area contributed by atoms with E-state index in [2.05, 4.69) is 0 Å². The lowest BCUT2D eigenvalue weighted by atomic mass is 10.0. The minimum absolute atomic E-state index is 0.0972. The maximum absolute atomic E-state index is 11.6. The molecule has 0 spiro atoms. The summed E-state index contributed by atoms with van der Waals surface area (Å²) in [4.78, 5) is 0. The van der Waals surface area contributed by atoms with Crippen LogP contribution in [0.1, 0.15) is 20.3 Å². The molecule has 0 aliphatic heterocycles. The summed E-state index contributed by atoms with van der Waals surface area (Å²) in [5.74, 6) is 0.0972. The fourth-order valence-corrected chi connectivity index (χ4v) is 0.424. The largest absolute Gasteiger partial charge is 0.390 e. The predicted molar refractivity (Wildman–Crippen MR) is 31.4 cm³/mol. The Balaban J connectivity index is 3.29. The molecule has 0 radical (unpaired) electrons. The second-order valence-electron chi connectivity index (χ2n) is 2.11. The Morgan fingerprint density at radius 3 is 2.25 bits per heavy atom. The first-order valence-corrected chi connectivity index (χ1v) is 2.96. The highest BCUT2D eigenvalue weighted by Gasteiger charge is 2.09. The topological polar surface area (TPSA) is 20.2 Å². The summed E-state index contributed by atoms with van der Waals surface area (Å²) in [6, 6.07) is 0. The molecule has 0 amide bonds. The highest BCUT2D eigenvalue weighted by molar-refractivity contribution is 4.59. The molecule has 0 aromatic heterocycles. The monoisotopic (exact) mass is 120 g/mol. The van der Waals surface area contributed by atoms with Crippen molar-refractivity contribution in [3.05, 3.63) is 0 Å². The number of hydrogen-bond acceptors (Lipinski definition) is 1. The molecule has 1 N–H and O–H groups in total. The molecule has 0 aliphatic rings. The van der Waals surface area contributed by atoms with Gasteiger partial charge in [-0.25, -0.2) is 4.39 Å². The van der Waals surface area contributed by atoms with Crippen LogP contribution in [0.25, 0.3) is 0 Å². The predicted octanol–water partition coefficient (Wildman–Crippen LogP) is 1.36. The fourth-order valence-electron chi connectivity index (χ4n) is 0.424. The van der Waals surface area contributed by atoms with E-state index >= 15 is 0 Å². The average Bonchev–Trinajstić information content (AvgIpc) is 1.84. The van der Waals surface area contributed by atoms with Crippen molar-refractivity contribution < 1.29 is 9.50 Å². The van der Waals surface area contributed by atoms with Gasteiger partial charge in [-0.3, -0.25) is 0 Å². The highest BCUT2D eigenvalue weighted by atomic mass is 19.1. The van der Waals surface area contributed by atoms with Gasteiger partial charge in [-0.15, -0.1) is 0 Å². The molecule has 0 aromatic rings. The van der Waals surface area contributed by atoms with Crippen LogP contribution < -0.4 is 0 Å². The van der Waals surface area contributed by atoms with Gasteiger partial charge in [0.15, 0.2) is 0 Å². The molecular formula is C6H13FO. The van der Waals surface area contributed by atoms with Crippen LogP contribution >= 0.6 is 0 Å². The summed E-state index contributed by atoms with van der Waals surface area (Å²) in [6.07, 6.45) is 0.0884. The van der Waals surface area contributed by atoms with E-state index in [1.807, 2.05) is 13.8 Å². The first-order chi connectivity index (χ1) is 3.72. The summed E-state index contributed by atoms with van der Waals surface area (Å²) in [5, 5.41) is 8.75. The van der Waals surface area contributed by atoms with Crippen LogP contribution in [-0.4, -0.2) is 17.9 Å². The van der Waals surface area contributed by atoms with Gasteiger partial charge in [-0.2, -0.15) is 0 Å². The van der Waals surface area contributed by atoms with Gasteiger partial charge in [0.25, 0.3) is 0 Å². The Hall–Kier alpha value is -0.110. The number of aliphatic hydroxyl groups is 1. The minimum Gasteiger partial charge on any atom is -0.390 e. The molecule has 0 bridgehead atoms. The van der Waals surface area contributed by atoms with Gasteiger partial charge in [0.1, 0.15) is 6.67 Å². The molecule has 0 fully saturated rings.